The van der Waals surface area contributed by atoms with Gasteiger partial charge in [0.15, 0.2) is 0 Å². The number of furan rings is 1. The maximum Gasteiger partial charge on any atom is 0.145 e. The number of aryl methyl sites for hydroxylation is 2. The number of hydrogen-bond acceptors (Lipinski definition) is 3. The van der Waals surface area contributed by atoms with Crippen LogP contribution in [0.1, 0.15) is 93.3 Å². The Balaban J connectivity index is 1.19. The molecule has 0 aliphatic heterocycles. The Bertz CT molecular complexity index is 4210. The molecule has 0 amide bonds. The summed E-state index contributed by atoms with van der Waals surface area (Å²) in [7, 11) is 0. The molecule has 2 aliphatic carbocycles. The Kier molecular flexibility index (Phi) is 11.5. The summed E-state index contributed by atoms with van der Waals surface area (Å²) in [6, 6.07) is 66.8. The highest BCUT2D eigenvalue weighted by molar-refractivity contribution is 6.26. The molecule has 2 aliphatic rings. The van der Waals surface area contributed by atoms with E-state index in [-0.39, 0.29) is 22.5 Å². The summed E-state index contributed by atoms with van der Waals surface area (Å²) in [6.07, 6.45) is 6.51. The highest BCUT2D eigenvalue weighted by Crippen LogP contribution is 2.64. The molecule has 0 bridgehead atoms. The average molecular weight is 1020 g/mol. The summed E-state index contributed by atoms with van der Waals surface area (Å²) >= 11 is 0. The maximum atomic E-state index is 15.6. The first-order chi connectivity index (χ1) is 37.6. The molecular formula is C73H62F2N2O. The number of para-hydroxylation sites is 1. The zero-order chi connectivity index (χ0) is 53.8. The first kappa shape index (κ1) is 49.1. The highest BCUT2D eigenvalue weighted by atomic mass is 19.1. The topological polar surface area (TPSA) is 19.6 Å². The fourth-order valence-corrected chi connectivity index (χ4v) is 12.9. The molecule has 1 aromatic heterocycles. The molecule has 78 heavy (non-hydrogen) atoms. The zero-order valence-electron chi connectivity index (χ0n) is 45.6. The molecule has 384 valence electrons. The first-order valence-electron chi connectivity index (χ1n) is 27.3. The second-order valence-corrected chi connectivity index (χ2v) is 23.7. The Morgan fingerprint density at radius 3 is 1.63 bits per heavy atom. The van der Waals surface area contributed by atoms with Crippen LogP contribution in [0.2, 0.25) is 0 Å². The van der Waals surface area contributed by atoms with Crippen LogP contribution in [0.25, 0.3) is 54.6 Å². The standard InChI is InChI=1S/C73H62F2N2O/c1-45-15-13-17-55(41-45)76(53-35-27-47(28-36-53)71(3,4)5)57-39-40-60-62(43-57)58-19-9-10-20-59(58)67-68-63(73(69(60)67,49-23-31-51(74)32-24-49)50-25-33-52(75)34-26-50)44-64(66-61-21-11-12-22-65(61)78-70(66)68)77(56-18-14-16-46(2)42-56)54-37-29-48(30-38-54)72(6,7)8/h9-27,29-35,37-44H,28,36H2,1-8H3. The van der Waals surface area contributed by atoms with Crippen LogP contribution in [-0.4, -0.2) is 0 Å². The van der Waals surface area contributed by atoms with Crippen molar-refractivity contribution in [3.05, 3.63) is 268 Å². The molecule has 0 N–H and O–H groups in total. The van der Waals surface area contributed by atoms with Crippen molar-refractivity contribution >= 4 is 71.9 Å². The molecule has 1 heterocycles. The van der Waals surface area contributed by atoms with Gasteiger partial charge in [0.2, 0.25) is 0 Å². The number of halogens is 2. The Labute approximate surface area is 456 Å². The van der Waals surface area contributed by atoms with Gasteiger partial charge in [-0.05, 0) is 195 Å². The van der Waals surface area contributed by atoms with E-state index in [9.17, 15) is 0 Å². The molecule has 13 rings (SSSR count). The van der Waals surface area contributed by atoms with Crippen molar-refractivity contribution in [1.82, 2.24) is 0 Å². The molecule has 0 fully saturated rings. The fraction of sp³-hybridized carbons (Fsp3) is 0.178. The van der Waals surface area contributed by atoms with E-state index >= 15 is 8.78 Å². The number of allylic oxidation sites excluding steroid dienone is 4. The lowest BCUT2D eigenvalue weighted by Gasteiger charge is -2.36. The number of anilines is 5. The van der Waals surface area contributed by atoms with Crippen LogP contribution in [0.3, 0.4) is 0 Å². The van der Waals surface area contributed by atoms with Gasteiger partial charge in [0.25, 0.3) is 0 Å². The smallest absolute Gasteiger partial charge is 0.145 e. The van der Waals surface area contributed by atoms with Crippen molar-refractivity contribution in [2.75, 3.05) is 9.80 Å². The van der Waals surface area contributed by atoms with E-state index < -0.39 is 5.41 Å². The largest absolute Gasteiger partial charge is 0.455 e. The molecule has 3 nitrogen and oxygen atoms in total. The van der Waals surface area contributed by atoms with Crippen molar-refractivity contribution in [3.63, 3.8) is 0 Å². The Hall–Kier alpha value is -8.54. The molecule has 0 unspecified atom stereocenters. The minimum absolute atomic E-state index is 0.0597. The van der Waals surface area contributed by atoms with Crippen LogP contribution in [0.4, 0.5) is 37.2 Å². The monoisotopic (exact) mass is 1020 g/mol. The van der Waals surface area contributed by atoms with Crippen LogP contribution < -0.4 is 9.80 Å². The molecular weight excluding hydrogens is 959 g/mol. The lowest BCUT2D eigenvalue weighted by molar-refractivity contribution is 0.479. The predicted molar refractivity (Wildman–Crippen MR) is 322 cm³/mol. The van der Waals surface area contributed by atoms with Gasteiger partial charge >= 0.3 is 0 Å². The molecule has 0 atom stereocenters. The van der Waals surface area contributed by atoms with Crippen LogP contribution in [-0.2, 0) is 10.8 Å². The van der Waals surface area contributed by atoms with Gasteiger partial charge in [-0.3, -0.25) is 0 Å². The summed E-state index contributed by atoms with van der Waals surface area (Å²) in [6.45, 7) is 17.9. The number of nitrogens with zero attached hydrogens (tertiary/aromatic N) is 2. The second-order valence-electron chi connectivity index (χ2n) is 23.7. The van der Waals surface area contributed by atoms with Crippen molar-refractivity contribution < 1.29 is 13.2 Å². The third-order valence-corrected chi connectivity index (χ3v) is 16.6. The van der Waals surface area contributed by atoms with Gasteiger partial charge in [-0.15, -0.1) is 0 Å². The third kappa shape index (κ3) is 7.88. The third-order valence-electron chi connectivity index (χ3n) is 16.6. The van der Waals surface area contributed by atoms with E-state index in [0.29, 0.717) is 0 Å². The Morgan fingerprint density at radius 2 is 1.04 bits per heavy atom. The van der Waals surface area contributed by atoms with Crippen molar-refractivity contribution in [2.45, 2.75) is 79.1 Å². The van der Waals surface area contributed by atoms with Crippen LogP contribution in [0.15, 0.2) is 222 Å². The van der Waals surface area contributed by atoms with Gasteiger partial charge in [0, 0.05) is 39.4 Å². The van der Waals surface area contributed by atoms with Crippen LogP contribution in [0, 0.1) is 30.9 Å². The quantitative estimate of drug-likeness (QED) is 0.141. The SMILES string of the molecule is Cc1cccc(N(C2=CC=C(C(C)(C)C)CC2)c2ccc3c4c(c5ccccc5c3c2)-c2c(cc(N(c3ccc(C(C)(C)C)cc3)c3cccc(C)c3)c3c2oc2ccccc23)C4(c2ccc(F)cc2)c2ccc(F)cc2)c1. The summed E-state index contributed by atoms with van der Waals surface area (Å²) in [5.41, 5.74) is 17.3. The molecule has 0 radical (unpaired) electrons. The number of benzene rings is 10. The fourth-order valence-electron chi connectivity index (χ4n) is 12.9. The van der Waals surface area contributed by atoms with E-state index in [4.69, 9.17) is 4.42 Å². The van der Waals surface area contributed by atoms with Gasteiger partial charge in [-0.1, -0.05) is 162 Å². The minimum Gasteiger partial charge on any atom is -0.455 e. The number of hydrogen-bond donors (Lipinski definition) is 0. The molecule has 0 saturated carbocycles. The molecule has 0 saturated heterocycles. The second kappa shape index (κ2) is 18.3. The maximum absolute atomic E-state index is 15.6. The van der Waals surface area contributed by atoms with Gasteiger partial charge in [-0.2, -0.15) is 0 Å². The van der Waals surface area contributed by atoms with E-state index in [2.05, 4.69) is 217 Å². The summed E-state index contributed by atoms with van der Waals surface area (Å²) in [4.78, 5) is 4.81. The summed E-state index contributed by atoms with van der Waals surface area (Å²) < 4.78 is 38.7. The van der Waals surface area contributed by atoms with Crippen molar-refractivity contribution in [3.8, 4) is 11.1 Å². The minimum atomic E-state index is -1.14. The van der Waals surface area contributed by atoms with E-state index in [1.807, 2.05) is 30.3 Å². The van der Waals surface area contributed by atoms with E-state index in [1.165, 1.54) is 22.4 Å². The molecule has 5 heteroatoms. The molecule has 11 aromatic rings. The Morgan fingerprint density at radius 1 is 0.462 bits per heavy atom. The zero-order valence-corrected chi connectivity index (χ0v) is 45.6. The highest BCUT2D eigenvalue weighted by Gasteiger charge is 2.50. The predicted octanol–water partition coefficient (Wildman–Crippen LogP) is 20.7. The first-order valence-corrected chi connectivity index (χ1v) is 27.3. The summed E-state index contributed by atoms with van der Waals surface area (Å²) in [5.74, 6) is -0.676. The summed E-state index contributed by atoms with van der Waals surface area (Å²) in [5, 5.41) is 6.23. The van der Waals surface area contributed by atoms with Crippen molar-refractivity contribution in [2.24, 2.45) is 5.41 Å². The number of fused-ring (bicyclic) bond motifs is 12. The average Bonchev–Trinajstić information content (AvgIpc) is 2.43. The normalized spacial score (nSPS) is 14.2. The van der Waals surface area contributed by atoms with Crippen LogP contribution >= 0.6 is 0 Å². The van der Waals surface area contributed by atoms with Crippen LogP contribution in [0.5, 0.6) is 0 Å². The number of rotatable bonds is 8. The molecule has 10 aromatic carbocycles. The van der Waals surface area contributed by atoms with Gasteiger partial charge < -0.3 is 14.2 Å². The van der Waals surface area contributed by atoms with Crippen molar-refractivity contribution in [1.29, 1.82) is 0 Å². The van der Waals surface area contributed by atoms with E-state index in [0.717, 1.165) is 124 Å². The van der Waals surface area contributed by atoms with Gasteiger partial charge in [-0.25, -0.2) is 8.78 Å². The lowest BCUT2D eigenvalue weighted by atomic mass is 9.66. The van der Waals surface area contributed by atoms with E-state index in [1.54, 1.807) is 24.3 Å². The van der Waals surface area contributed by atoms with Gasteiger partial charge in [0.1, 0.15) is 22.8 Å². The lowest BCUT2D eigenvalue weighted by Crippen LogP contribution is -2.29. The molecule has 0 spiro atoms. The van der Waals surface area contributed by atoms with Gasteiger partial charge in [0.05, 0.1) is 16.5 Å².